The van der Waals surface area contributed by atoms with Crippen LogP contribution in [0, 0.1) is 18.8 Å². The molecule has 2 aliphatic rings. The van der Waals surface area contributed by atoms with Gasteiger partial charge in [-0.2, -0.15) is 0 Å². The number of aryl methyl sites for hydroxylation is 1. The van der Waals surface area contributed by atoms with Crippen LogP contribution in [0.5, 0.6) is 0 Å². The van der Waals surface area contributed by atoms with Crippen LogP contribution in [-0.2, 0) is 0 Å². The fourth-order valence-corrected chi connectivity index (χ4v) is 5.36. The summed E-state index contributed by atoms with van der Waals surface area (Å²) < 4.78 is 0. The molecular formula is C18H25N3OS. The van der Waals surface area contributed by atoms with E-state index in [0.717, 1.165) is 42.4 Å². The van der Waals surface area contributed by atoms with Crippen LogP contribution in [0.15, 0.2) is 12.4 Å². The Bertz CT molecular complexity index is 701. The average molecular weight is 331 g/mol. The van der Waals surface area contributed by atoms with E-state index in [-0.39, 0.29) is 6.10 Å². The average Bonchev–Trinajstić information content (AvgIpc) is 3.14. The normalized spacial score (nSPS) is 31.9. The SMILES string of the molecule is Cc1cc2c(N3CCCC3C3CC(C)CCC3O)ncnc2s1. The van der Waals surface area contributed by atoms with E-state index >= 15 is 0 Å². The highest BCUT2D eigenvalue weighted by Crippen LogP contribution is 2.40. The van der Waals surface area contributed by atoms with E-state index in [0.29, 0.717) is 12.0 Å². The lowest BCUT2D eigenvalue weighted by Gasteiger charge is -2.39. The molecule has 0 bridgehead atoms. The number of thiophene rings is 1. The summed E-state index contributed by atoms with van der Waals surface area (Å²) in [6.07, 6.45) is 7.15. The molecule has 3 heterocycles. The number of anilines is 1. The number of hydrogen-bond acceptors (Lipinski definition) is 5. The third-order valence-corrected chi connectivity index (χ3v) is 6.58. The van der Waals surface area contributed by atoms with Crippen molar-refractivity contribution in [2.45, 2.75) is 58.1 Å². The lowest BCUT2D eigenvalue weighted by atomic mass is 9.76. The van der Waals surface area contributed by atoms with Gasteiger partial charge in [-0.3, -0.25) is 0 Å². The number of aliphatic hydroxyl groups is 1. The first-order valence-corrected chi connectivity index (χ1v) is 9.61. The molecule has 4 unspecified atom stereocenters. The van der Waals surface area contributed by atoms with Crippen molar-refractivity contribution in [1.82, 2.24) is 9.97 Å². The second-order valence-electron chi connectivity index (χ2n) is 7.33. The molecule has 1 aliphatic heterocycles. The number of aromatic nitrogens is 2. The van der Waals surface area contributed by atoms with Crippen molar-refractivity contribution in [3.8, 4) is 0 Å². The maximum atomic E-state index is 10.6. The number of rotatable bonds is 2. The van der Waals surface area contributed by atoms with Crippen LogP contribution in [0.4, 0.5) is 5.82 Å². The Kier molecular flexibility index (Phi) is 4.01. The summed E-state index contributed by atoms with van der Waals surface area (Å²) in [6.45, 7) is 5.50. The van der Waals surface area contributed by atoms with Gasteiger partial charge in [-0.25, -0.2) is 9.97 Å². The van der Waals surface area contributed by atoms with Crippen LogP contribution in [0.2, 0.25) is 0 Å². The summed E-state index contributed by atoms with van der Waals surface area (Å²) in [5.41, 5.74) is 0. The maximum Gasteiger partial charge on any atom is 0.141 e. The highest BCUT2D eigenvalue weighted by molar-refractivity contribution is 7.18. The van der Waals surface area contributed by atoms with Crippen LogP contribution in [0.25, 0.3) is 10.2 Å². The van der Waals surface area contributed by atoms with Gasteiger partial charge in [0.1, 0.15) is 17.0 Å². The standard InChI is InChI=1S/C18H25N3OS/c1-11-5-6-16(22)13(8-11)15-4-3-7-21(15)17-14-9-12(2)23-18(14)20-10-19-17/h9-11,13,15-16,22H,3-8H2,1-2H3. The van der Waals surface area contributed by atoms with Gasteiger partial charge in [0, 0.05) is 23.4 Å². The molecule has 5 heteroatoms. The van der Waals surface area contributed by atoms with Crippen LogP contribution in [0.3, 0.4) is 0 Å². The molecule has 0 aromatic carbocycles. The van der Waals surface area contributed by atoms with Crippen molar-refractivity contribution < 1.29 is 5.11 Å². The zero-order chi connectivity index (χ0) is 16.0. The Morgan fingerprint density at radius 2 is 2.13 bits per heavy atom. The van der Waals surface area contributed by atoms with Crippen molar-refractivity contribution in [3.63, 3.8) is 0 Å². The van der Waals surface area contributed by atoms with E-state index in [1.807, 2.05) is 0 Å². The van der Waals surface area contributed by atoms with Crippen LogP contribution >= 0.6 is 11.3 Å². The first-order valence-electron chi connectivity index (χ1n) is 8.79. The van der Waals surface area contributed by atoms with Gasteiger partial charge >= 0.3 is 0 Å². The molecule has 4 nitrogen and oxygen atoms in total. The molecule has 2 fully saturated rings. The Hall–Kier alpha value is -1.20. The molecule has 1 saturated heterocycles. The fraction of sp³-hybridized carbons (Fsp3) is 0.667. The second-order valence-corrected chi connectivity index (χ2v) is 8.56. The molecule has 0 radical (unpaired) electrons. The highest BCUT2D eigenvalue weighted by Gasteiger charge is 2.39. The zero-order valence-electron chi connectivity index (χ0n) is 13.9. The zero-order valence-corrected chi connectivity index (χ0v) is 14.7. The van der Waals surface area contributed by atoms with Gasteiger partial charge in [0.25, 0.3) is 0 Å². The number of aliphatic hydroxyl groups excluding tert-OH is 1. The van der Waals surface area contributed by atoms with Crippen molar-refractivity contribution in [1.29, 1.82) is 0 Å². The van der Waals surface area contributed by atoms with Crippen molar-refractivity contribution >= 4 is 27.4 Å². The minimum absolute atomic E-state index is 0.154. The topological polar surface area (TPSA) is 49.2 Å². The molecule has 4 atom stereocenters. The predicted octanol–water partition coefficient (Wildman–Crippen LogP) is 3.77. The summed E-state index contributed by atoms with van der Waals surface area (Å²) in [6, 6.07) is 2.64. The minimum atomic E-state index is -0.154. The molecule has 2 aromatic heterocycles. The largest absolute Gasteiger partial charge is 0.393 e. The minimum Gasteiger partial charge on any atom is -0.393 e. The van der Waals surface area contributed by atoms with E-state index < -0.39 is 0 Å². The monoisotopic (exact) mass is 331 g/mol. The lowest BCUT2D eigenvalue weighted by molar-refractivity contribution is 0.0390. The number of hydrogen-bond donors (Lipinski definition) is 1. The summed E-state index contributed by atoms with van der Waals surface area (Å²) in [5, 5.41) is 11.8. The van der Waals surface area contributed by atoms with E-state index in [1.165, 1.54) is 23.1 Å². The molecule has 23 heavy (non-hydrogen) atoms. The van der Waals surface area contributed by atoms with Crippen molar-refractivity contribution in [2.75, 3.05) is 11.4 Å². The molecule has 1 saturated carbocycles. The molecule has 1 N–H and O–H groups in total. The maximum absolute atomic E-state index is 10.6. The van der Waals surface area contributed by atoms with Crippen molar-refractivity contribution in [3.05, 3.63) is 17.3 Å². The molecule has 2 aromatic rings. The first kappa shape index (κ1) is 15.3. The third kappa shape index (κ3) is 2.74. The van der Waals surface area contributed by atoms with Gasteiger partial charge in [0.2, 0.25) is 0 Å². The third-order valence-electron chi connectivity index (χ3n) is 5.62. The molecule has 4 rings (SSSR count). The van der Waals surface area contributed by atoms with Crippen LogP contribution in [0.1, 0.15) is 43.9 Å². The van der Waals surface area contributed by atoms with Gasteiger partial charge < -0.3 is 10.0 Å². The summed E-state index contributed by atoms with van der Waals surface area (Å²) in [7, 11) is 0. The summed E-state index contributed by atoms with van der Waals surface area (Å²) in [5.74, 6) is 2.18. The van der Waals surface area contributed by atoms with Gasteiger partial charge in [-0.1, -0.05) is 6.92 Å². The van der Waals surface area contributed by atoms with Crippen molar-refractivity contribution in [2.24, 2.45) is 11.8 Å². The summed E-state index contributed by atoms with van der Waals surface area (Å²) >= 11 is 1.74. The van der Waals surface area contributed by atoms with E-state index in [2.05, 4.69) is 34.8 Å². The van der Waals surface area contributed by atoms with Crippen LogP contribution in [-0.4, -0.2) is 33.8 Å². The second kappa shape index (κ2) is 6.02. The summed E-state index contributed by atoms with van der Waals surface area (Å²) in [4.78, 5) is 13.9. The molecular weight excluding hydrogens is 306 g/mol. The number of nitrogens with zero attached hydrogens (tertiary/aromatic N) is 3. The Morgan fingerprint density at radius 3 is 3.00 bits per heavy atom. The molecule has 0 amide bonds. The van der Waals surface area contributed by atoms with E-state index in [9.17, 15) is 5.11 Å². The fourth-order valence-electron chi connectivity index (χ4n) is 4.52. The molecule has 124 valence electrons. The predicted molar refractivity (Wildman–Crippen MR) is 95.0 cm³/mol. The number of fused-ring (bicyclic) bond motifs is 1. The van der Waals surface area contributed by atoms with Gasteiger partial charge in [-0.05, 0) is 51.0 Å². The Balaban J connectivity index is 1.69. The Labute approximate surface area is 141 Å². The quantitative estimate of drug-likeness (QED) is 0.910. The lowest BCUT2D eigenvalue weighted by Crippen LogP contribution is -2.44. The van der Waals surface area contributed by atoms with Gasteiger partial charge in [-0.15, -0.1) is 11.3 Å². The smallest absolute Gasteiger partial charge is 0.141 e. The van der Waals surface area contributed by atoms with E-state index in [1.54, 1.807) is 17.7 Å². The molecule has 0 spiro atoms. The first-order chi connectivity index (χ1) is 11.1. The van der Waals surface area contributed by atoms with E-state index in [4.69, 9.17) is 0 Å². The van der Waals surface area contributed by atoms with Crippen LogP contribution < -0.4 is 4.90 Å². The van der Waals surface area contributed by atoms with Gasteiger partial charge in [0.15, 0.2) is 0 Å². The molecule has 1 aliphatic carbocycles. The highest BCUT2D eigenvalue weighted by atomic mass is 32.1. The van der Waals surface area contributed by atoms with Gasteiger partial charge in [0.05, 0.1) is 11.5 Å². The Morgan fingerprint density at radius 1 is 1.26 bits per heavy atom.